The van der Waals surface area contributed by atoms with Crippen LogP contribution in [0.1, 0.15) is 24.6 Å². The maximum atomic E-state index is 5.51. The van der Waals surface area contributed by atoms with Gasteiger partial charge in [0.05, 0.1) is 18.3 Å². The molecule has 1 atom stereocenters. The summed E-state index contributed by atoms with van der Waals surface area (Å²) < 4.78 is 7.70. The Morgan fingerprint density at radius 1 is 1.75 bits per heavy atom. The molecule has 0 aromatic carbocycles. The molecule has 0 saturated carbocycles. The quantitative estimate of drug-likeness (QED) is 0.792. The van der Waals surface area contributed by atoms with Crippen LogP contribution in [0.15, 0.2) is 18.9 Å². The maximum Gasteiger partial charge on any atom is 0.203 e. The van der Waals surface area contributed by atoms with Gasteiger partial charge in [0.2, 0.25) is 5.95 Å². The largest absolute Gasteiger partial charge is 0.379 e. The number of hydrogen-bond acceptors (Lipinski definition) is 3. The van der Waals surface area contributed by atoms with E-state index in [1.54, 1.807) is 0 Å². The van der Waals surface area contributed by atoms with E-state index >= 15 is 0 Å². The third-order valence-electron chi connectivity index (χ3n) is 2.79. The van der Waals surface area contributed by atoms with Gasteiger partial charge in [-0.05, 0) is 19.8 Å². The summed E-state index contributed by atoms with van der Waals surface area (Å²) in [6.07, 6.45) is 6.22. The van der Waals surface area contributed by atoms with Crippen molar-refractivity contribution in [1.29, 1.82) is 0 Å². The minimum absolute atomic E-state index is 0.419. The van der Waals surface area contributed by atoms with Crippen molar-refractivity contribution in [3.63, 3.8) is 0 Å². The second-order valence-electron chi connectivity index (χ2n) is 4.15. The first-order valence-corrected chi connectivity index (χ1v) is 5.79. The molecule has 4 heteroatoms. The first kappa shape index (κ1) is 11.2. The lowest BCUT2D eigenvalue weighted by Crippen LogP contribution is -2.22. The summed E-state index contributed by atoms with van der Waals surface area (Å²) in [7, 11) is 0. The van der Waals surface area contributed by atoms with Crippen molar-refractivity contribution < 1.29 is 4.74 Å². The van der Waals surface area contributed by atoms with Crippen LogP contribution >= 0.6 is 0 Å². The predicted molar refractivity (Wildman–Crippen MR) is 64.7 cm³/mol. The predicted octanol–water partition coefficient (Wildman–Crippen LogP) is 2.14. The molecule has 0 amide bonds. The molecule has 4 nitrogen and oxygen atoms in total. The average Bonchev–Trinajstić information content (AvgIpc) is 2.69. The highest BCUT2D eigenvalue weighted by Crippen LogP contribution is 2.23. The third-order valence-corrected chi connectivity index (χ3v) is 2.79. The number of aromatic nitrogens is 2. The fourth-order valence-electron chi connectivity index (χ4n) is 2.03. The van der Waals surface area contributed by atoms with Crippen LogP contribution in [-0.2, 0) is 4.74 Å². The highest BCUT2D eigenvalue weighted by molar-refractivity contribution is 5.30. The molecule has 1 N–H and O–H groups in total. The lowest BCUT2D eigenvalue weighted by Gasteiger charge is -2.24. The molecule has 1 aromatic heterocycles. The minimum atomic E-state index is 0.419. The van der Waals surface area contributed by atoms with E-state index in [1.165, 1.54) is 6.42 Å². The van der Waals surface area contributed by atoms with E-state index < -0.39 is 0 Å². The molecule has 1 unspecified atom stereocenters. The van der Waals surface area contributed by atoms with E-state index in [4.69, 9.17) is 4.74 Å². The number of imidazole rings is 1. The second kappa shape index (κ2) is 5.16. The summed E-state index contributed by atoms with van der Waals surface area (Å²) in [5, 5.41) is 3.26. The third kappa shape index (κ3) is 2.44. The number of nitrogens with zero attached hydrogens (tertiary/aromatic N) is 2. The molecule has 1 aromatic rings. The molecule has 1 aliphatic heterocycles. The van der Waals surface area contributed by atoms with Crippen LogP contribution in [0.2, 0.25) is 0 Å². The van der Waals surface area contributed by atoms with Gasteiger partial charge in [0.1, 0.15) is 0 Å². The number of anilines is 1. The van der Waals surface area contributed by atoms with Gasteiger partial charge in [-0.25, -0.2) is 4.98 Å². The van der Waals surface area contributed by atoms with E-state index in [0.29, 0.717) is 6.04 Å². The first-order valence-electron chi connectivity index (χ1n) is 5.79. The van der Waals surface area contributed by atoms with Crippen molar-refractivity contribution >= 4 is 5.95 Å². The normalized spacial score (nSPS) is 20.7. The molecule has 1 saturated heterocycles. The van der Waals surface area contributed by atoms with Gasteiger partial charge in [0.25, 0.3) is 0 Å². The van der Waals surface area contributed by atoms with Crippen molar-refractivity contribution in [2.24, 2.45) is 0 Å². The highest BCUT2D eigenvalue weighted by atomic mass is 16.5. The first-order chi connectivity index (χ1) is 7.81. The van der Waals surface area contributed by atoms with Gasteiger partial charge in [-0.2, -0.15) is 0 Å². The van der Waals surface area contributed by atoms with Crippen molar-refractivity contribution in [2.75, 3.05) is 25.1 Å². The second-order valence-corrected chi connectivity index (χ2v) is 4.15. The molecule has 16 heavy (non-hydrogen) atoms. The maximum absolute atomic E-state index is 5.51. The minimum Gasteiger partial charge on any atom is -0.379 e. The summed E-state index contributed by atoms with van der Waals surface area (Å²) in [5.74, 6) is 0.924. The van der Waals surface area contributed by atoms with Crippen LogP contribution in [0, 0.1) is 6.92 Å². The van der Waals surface area contributed by atoms with Crippen molar-refractivity contribution in [1.82, 2.24) is 9.55 Å². The van der Waals surface area contributed by atoms with Crippen LogP contribution in [0.25, 0.3) is 0 Å². The van der Waals surface area contributed by atoms with E-state index in [9.17, 15) is 0 Å². The Labute approximate surface area is 96.3 Å². The van der Waals surface area contributed by atoms with Crippen molar-refractivity contribution in [3.05, 3.63) is 24.5 Å². The number of hydrogen-bond donors (Lipinski definition) is 1. The van der Waals surface area contributed by atoms with Crippen LogP contribution in [0.4, 0.5) is 5.95 Å². The number of aryl methyl sites for hydroxylation is 1. The zero-order chi connectivity index (χ0) is 11.4. The standard InChI is InChI=1S/C12H19N3O/c1-3-6-13-12-14-10(2)8-15(12)11-5-4-7-16-9-11/h3,8,11H,1,4-7,9H2,2H3,(H,13,14). The monoisotopic (exact) mass is 221 g/mol. The summed E-state index contributed by atoms with van der Waals surface area (Å²) in [4.78, 5) is 4.47. The van der Waals surface area contributed by atoms with Gasteiger partial charge in [-0.1, -0.05) is 6.08 Å². The fourth-order valence-corrected chi connectivity index (χ4v) is 2.03. The lowest BCUT2D eigenvalue weighted by molar-refractivity contribution is 0.0598. The summed E-state index contributed by atoms with van der Waals surface area (Å²) in [6, 6.07) is 0.419. The molecule has 2 rings (SSSR count). The Kier molecular flexibility index (Phi) is 3.62. The zero-order valence-electron chi connectivity index (χ0n) is 9.78. The Morgan fingerprint density at radius 2 is 2.62 bits per heavy atom. The van der Waals surface area contributed by atoms with E-state index in [-0.39, 0.29) is 0 Å². The molecular weight excluding hydrogens is 202 g/mol. The Bertz CT molecular complexity index is 353. The van der Waals surface area contributed by atoms with Crippen LogP contribution < -0.4 is 5.32 Å². The van der Waals surface area contributed by atoms with Crippen LogP contribution in [-0.4, -0.2) is 29.3 Å². The zero-order valence-corrected chi connectivity index (χ0v) is 9.78. The fraction of sp³-hybridized carbons (Fsp3) is 0.583. The Hall–Kier alpha value is -1.29. The van der Waals surface area contributed by atoms with Gasteiger partial charge < -0.3 is 14.6 Å². The lowest BCUT2D eigenvalue weighted by atomic mass is 10.1. The number of ether oxygens (including phenoxy) is 1. The molecule has 1 fully saturated rings. The number of rotatable bonds is 4. The van der Waals surface area contributed by atoms with E-state index in [0.717, 1.165) is 37.8 Å². The Morgan fingerprint density at radius 3 is 3.31 bits per heavy atom. The van der Waals surface area contributed by atoms with Gasteiger partial charge >= 0.3 is 0 Å². The summed E-state index contributed by atoms with van der Waals surface area (Å²) >= 11 is 0. The van der Waals surface area contributed by atoms with Crippen LogP contribution in [0.3, 0.4) is 0 Å². The molecule has 88 valence electrons. The summed E-state index contributed by atoms with van der Waals surface area (Å²) in [6.45, 7) is 8.13. The van der Waals surface area contributed by atoms with Gasteiger partial charge in [-0.15, -0.1) is 6.58 Å². The van der Waals surface area contributed by atoms with Gasteiger partial charge in [0.15, 0.2) is 0 Å². The highest BCUT2D eigenvalue weighted by Gasteiger charge is 2.18. The summed E-state index contributed by atoms with van der Waals surface area (Å²) in [5.41, 5.74) is 1.04. The van der Waals surface area contributed by atoms with E-state index in [1.807, 2.05) is 13.0 Å². The molecule has 2 heterocycles. The molecule has 0 spiro atoms. The van der Waals surface area contributed by atoms with Crippen LogP contribution in [0.5, 0.6) is 0 Å². The average molecular weight is 221 g/mol. The Balaban J connectivity index is 2.13. The van der Waals surface area contributed by atoms with Gasteiger partial charge in [-0.3, -0.25) is 0 Å². The van der Waals surface area contributed by atoms with Crippen molar-refractivity contribution in [3.8, 4) is 0 Å². The van der Waals surface area contributed by atoms with Crippen molar-refractivity contribution in [2.45, 2.75) is 25.8 Å². The molecule has 0 aliphatic carbocycles. The molecule has 0 radical (unpaired) electrons. The molecule has 1 aliphatic rings. The topological polar surface area (TPSA) is 39.1 Å². The molecular formula is C12H19N3O. The SMILES string of the molecule is C=CCNc1nc(C)cn1C1CCCOC1. The van der Waals surface area contributed by atoms with E-state index in [2.05, 4.69) is 27.6 Å². The molecule has 0 bridgehead atoms. The van der Waals surface area contributed by atoms with Gasteiger partial charge in [0, 0.05) is 19.3 Å². The number of nitrogens with one attached hydrogen (secondary N) is 1. The smallest absolute Gasteiger partial charge is 0.203 e.